The largest absolute Gasteiger partial charge is 0.466 e. The molecule has 0 saturated carbocycles. The standard InChI is InChI=1S/C61H119NO5/c1-3-5-7-9-11-13-15-17-19-21-23-24-25-27-28-30-32-34-37-41-45-49-53-59(64)58(57-63)62-60(65)54-50-46-42-38-36-40-44-48-52-56-67-61(66)55-51-47-43-39-35-33-31-29-26-22-20-18-16-14-12-10-8-6-4-2/h49,53,58-59,63-64H,3-48,50-52,54-57H2,1-2H3,(H,62,65)/b53-49+. The highest BCUT2D eigenvalue weighted by molar-refractivity contribution is 5.76. The van der Waals surface area contributed by atoms with Crippen LogP contribution in [0.1, 0.15) is 341 Å². The highest BCUT2D eigenvalue weighted by Crippen LogP contribution is 2.18. The van der Waals surface area contributed by atoms with Crippen LogP contribution in [-0.2, 0) is 14.3 Å². The van der Waals surface area contributed by atoms with E-state index >= 15 is 0 Å². The van der Waals surface area contributed by atoms with E-state index in [9.17, 15) is 19.8 Å². The number of ether oxygens (including phenoxy) is 1. The van der Waals surface area contributed by atoms with Crippen LogP contribution in [0.15, 0.2) is 12.2 Å². The Bertz CT molecular complexity index is 1000. The van der Waals surface area contributed by atoms with Crippen LogP contribution in [0.2, 0.25) is 0 Å². The number of hydrogen-bond acceptors (Lipinski definition) is 5. The van der Waals surface area contributed by atoms with E-state index < -0.39 is 12.1 Å². The first kappa shape index (κ1) is 65.6. The van der Waals surface area contributed by atoms with Gasteiger partial charge in [0.1, 0.15) is 0 Å². The first-order chi connectivity index (χ1) is 33.0. The molecule has 0 spiro atoms. The van der Waals surface area contributed by atoms with E-state index in [1.807, 2.05) is 6.08 Å². The third-order valence-electron chi connectivity index (χ3n) is 14.3. The van der Waals surface area contributed by atoms with Crippen molar-refractivity contribution in [1.29, 1.82) is 0 Å². The van der Waals surface area contributed by atoms with Crippen molar-refractivity contribution < 1.29 is 24.5 Å². The summed E-state index contributed by atoms with van der Waals surface area (Å²) >= 11 is 0. The monoisotopic (exact) mass is 946 g/mol. The molecule has 2 atom stereocenters. The summed E-state index contributed by atoms with van der Waals surface area (Å²) in [5.74, 6) is -0.112. The molecule has 2 unspecified atom stereocenters. The maximum Gasteiger partial charge on any atom is 0.305 e. The van der Waals surface area contributed by atoms with E-state index in [-0.39, 0.29) is 18.5 Å². The Morgan fingerprint density at radius 2 is 0.687 bits per heavy atom. The Hall–Kier alpha value is -1.40. The maximum atomic E-state index is 12.5. The lowest BCUT2D eigenvalue weighted by Gasteiger charge is -2.20. The summed E-state index contributed by atoms with van der Waals surface area (Å²) in [6, 6.07) is -0.648. The fraction of sp³-hybridized carbons (Fsp3) is 0.934. The van der Waals surface area contributed by atoms with Gasteiger partial charge in [-0.05, 0) is 32.1 Å². The fourth-order valence-electron chi connectivity index (χ4n) is 9.64. The zero-order valence-corrected chi connectivity index (χ0v) is 45.4. The minimum Gasteiger partial charge on any atom is -0.466 e. The second-order valence-electron chi connectivity index (χ2n) is 21.0. The molecule has 0 saturated heterocycles. The Labute approximate surface area is 419 Å². The smallest absolute Gasteiger partial charge is 0.305 e. The highest BCUT2D eigenvalue weighted by atomic mass is 16.5. The summed E-state index contributed by atoms with van der Waals surface area (Å²) in [4.78, 5) is 24.6. The number of nitrogens with one attached hydrogen (secondary N) is 1. The van der Waals surface area contributed by atoms with Crippen LogP contribution in [0.4, 0.5) is 0 Å². The molecule has 0 radical (unpaired) electrons. The molecule has 0 aromatic rings. The number of hydrogen-bond donors (Lipinski definition) is 3. The quantitative estimate of drug-likeness (QED) is 0.0321. The minimum absolute atomic E-state index is 0.0213. The van der Waals surface area contributed by atoms with Crippen molar-refractivity contribution in [3.63, 3.8) is 0 Å². The highest BCUT2D eigenvalue weighted by Gasteiger charge is 2.18. The van der Waals surface area contributed by atoms with Gasteiger partial charge in [0, 0.05) is 12.8 Å². The van der Waals surface area contributed by atoms with Crippen LogP contribution in [0, 0.1) is 0 Å². The van der Waals surface area contributed by atoms with Crippen LogP contribution < -0.4 is 5.32 Å². The predicted octanol–water partition coefficient (Wildman–Crippen LogP) is 18.9. The van der Waals surface area contributed by atoms with Gasteiger partial charge in [0.25, 0.3) is 0 Å². The Morgan fingerprint density at radius 3 is 1.01 bits per heavy atom. The zero-order chi connectivity index (χ0) is 48.6. The van der Waals surface area contributed by atoms with Gasteiger partial charge in [0.15, 0.2) is 0 Å². The molecule has 0 rings (SSSR count). The van der Waals surface area contributed by atoms with Gasteiger partial charge in [-0.2, -0.15) is 0 Å². The maximum absolute atomic E-state index is 12.5. The van der Waals surface area contributed by atoms with Crippen molar-refractivity contribution in [3.8, 4) is 0 Å². The minimum atomic E-state index is -0.862. The predicted molar refractivity (Wildman–Crippen MR) is 292 cm³/mol. The van der Waals surface area contributed by atoms with Crippen molar-refractivity contribution >= 4 is 11.9 Å². The molecular weight excluding hydrogens is 827 g/mol. The molecule has 0 aliphatic rings. The third-order valence-corrected chi connectivity index (χ3v) is 14.3. The Kier molecular flexibility index (Phi) is 56.0. The van der Waals surface area contributed by atoms with Gasteiger partial charge in [-0.1, -0.05) is 309 Å². The molecule has 3 N–H and O–H groups in total. The molecule has 0 aliphatic heterocycles. The molecule has 6 nitrogen and oxygen atoms in total. The summed E-state index contributed by atoms with van der Waals surface area (Å²) in [5, 5.41) is 23.2. The summed E-state index contributed by atoms with van der Waals surface area (Å²) in [5.41, 5.74) is 0. The van der Waals surface area contributed by atoms with Gasteiger partial charge in [0.05, 0.1) is 25.4 Å². The number of amides is 1. The van der Waals surface area contributed by atoms with Gasteiger partial charge in [-0.25, -0.2) is 0 Å². The second kappa shape index (κ2) is 57.2. The van der Waals surface area contributed by atoms with Gasteiger partial charge in [-0.15, -0.1) is 0 Å². The van der Waals surface area contributed by atoms with E-state index in [4.69, 9.17) is 4.74 Å². The molecule has 398 valence electrons. The van der Waals surface area contributed by atoms with Crippen LogP contribution in [0.3, 0.4) is 0 Å². The first-order valence-electron chi connectivity index (χ1n) is 30.5. The summed E-state index contributed by atoms with van der Waals surface area (Å²) in [6.45, 7) is 4.88. The molecule has 0 heterocycles. The van der Waals surface area contributed by atoms with E-state index in [0.29, 0.717) is 19.4 Å². The molecule has 67 heavy (non-hydrogen) atoms. The Morgan fingerprint density at radius 1 is 0.403 bits per heavy atom. The zero-order valence-electron chi connectivity index (χ0n) is 45.4. The van der Waals surface area contributed by atoms with Crippen molar-refractivity contribution in [2.45, 2.75) is 353 Å². The molecule has 0 aromatic heterocycles. The SMILES string of the molecule is CCCCCCCCCCCCCCCCCCCCCC/C=C/C(O)C(CO)NC(=O)CCCCCCCCCCCOC(=O)CCCCCCCCCCCCCCCCCCCCC. The first-order valence-corrected chi connectivity index (χ1v) is 30.5. The van der Waals surface area contributed by atoms with E-state index in [0.717, 1.165) is 57.8 Å². The van der Waals surface area contributed by atoms with E-state index in [2.05, 4.69) is 19.2 Å². The van der Waals surface area contributed by atoms with Crippen LogP contribution in [0.25, 0.3) is 0 Å². The lowest BCUT2D eigenvalue weighted by Crippen LogP contribution is -2.45. The molecule has 6 heteroatoms. The molecular formula is C61H119NO5. The number of esters is 1. The van der Waals surface area contributed by atoms with E-state index in [1.54, 1.807) is 6.08 Å². The topological polar surface area (TPSA) is 95.9 Å². The second-order valence-corrected chi connectivity index (χ2v) is 21.0. The van der Waals surface area contributed by atoms with Gasteiger partial charge in [-0.3, -0.25) is 9.59 Å². The van der Waals surface area contributed by atoms with Crippen molar-refractivity contribution in [1.82, 2.24) is 5.32 Å². The molecule has 0 fully saturated rings. The number of rotatable bonds is 57. The summed E-state index contributed by atoms with van der Waals surface area (Å²) in [6.07, 6.45) is 68.1. The average molecular weight is 947 g/mol. The molecule has 1 amide bonds. The number of allylic oxidation sites excluding steroid dienone is 1. The van der Waals surface area contributed by atoms with E-state index in [1.165, 1.54) is 257 Å². The van der Waals surface area contributed by atoms with Crippen LogP contribution in [-0.4, -0.2) is 47.4 Å². The normalized spacial score (nSPS) is 12.6. The van der Waals surface area contributed by atoms with Gasteiger partial charge < -0.3 is 20.3 Å². The van der Waals surface area contributed by atoms with Crippen LogP contribution >= 0.6 is 0 Å². The molecule has 0 aromatic carbocycles. The number of aliphatic hydroxyl groups excluding tert-OH is 2. The van der Waals surface area contributed by atoms with Crippen LogP contribution in [0.5, 0.6) is 0 Å². The number of unbranched alkanes of at least 4 members (excludes halogenated alkanes) is 46. The summed E-state index contributed by atoms with van der Waals surface area (Å²) < 4.78 is 5.48. The lowest BCUT2D eigenvalue weighted by atomic mass is 10.0. The fourth-order valence-corrected chi connectivity index (χ4v) is 9.64. The number of aliphatic hydroxyl groups is 2. The summed E-state index contributed by atoms with van der Waals surface area (Å²) in [7, 11) is 0. The molecule has 0 bridgehead atoms. The van der Waals surface area contributed by atoms with Crippen molar-refractivity contribution in [2.24, 2.45) is 0 Å². The van der Waals surface area contributed by atoms with Gasteiger partial charge >= 0.3 is 5.97 Å². The Balaban J connectivity index is 3.47. The number of carbonyl (C=O) groups excluding carboxylic acids is 2. The third kappa shape index (κ3) is 53.8. The lowest BCUT2D eigenvalue weighted by molar-refractivity contribution is -0.143. The number of carbonyl (C=O) groups is 2. The van der Waals surface area contributed by atoms with Crippen molar-refractivity contribution in [3.05, 3.63) is 12.2 Å². The van der Waals surface area contributed by atoms with Crippen molar-refractivity contribution in [2.75, 3.05) is 13.2 Å². The average Bonchev–Trinajstić information content (AvgIpc) is 3.33. The molecule has 0 aliphatic carbocycles. The van der Waals surface area contributed by atoms with Gasteiger partial charge in [0.2, 0.25) is 5.91 Å².